The number of anilines is 1. The summed E-state index contributed by atoms with van der Waals surface area (Å²) in [6.07, 6.45) is 1.51. The predicted octanol–water partition coefficient (Wildman–Crippen LogP) is 1.37. The van der Waals surface area contributed by atoms with E-state index >= 15 is 0 Å². The highest BCUT2D eigenvalue weighted by atomic mass is 79.9. The molecule has 0 saturated carbocycles. The number of hydrogen-bond acceptors (Lipinski definition) is 5. The number of aliphatic hydroxyl groups is 1. The third-order valence-electron chi connectivity index (χ3n) is 1.88. The van der Waals surface area contributed by atoms with Crippen molar-refractivity contribution in [2.45, 2.75) is 0 Å². The standard InChI is InChI=1S/C9H6BrClN4O2/c10-6-1-4-5(2-12-6)13-8(11)9(14-4)15-7(17)3-16/h1-2,16H,3H2,(H,14,15,17). The zero-order valence-electron chi connectivity index (χ0n) is 8.31. The van der Waals surface area contributed by atoms with Crippen molar-refractivity contribution in [1.82, 2.24) is 15.0 Å². The first-order chi connectivity index (χ1) is 8.10. The third-order valence-corrected chi connectivity index (χ3v) is 2.57. The molecule has 6 nitrogen and oxygen atoms in total. The summed E-state index contributed by atoms with van der Waals surface area (Å²) in [6, 6.07) is 1.65. The van der Waals surface area contributed by atoms with Gasteiger partial charge in [-0.25, -0.2) is 15.0 Å². The molecule has 0 atom stereocenters. The topological polar surface area (TPSA) is 88.0 Å². The second kappa shape index (κ2) is 4.91. The van der Waals surface area contributed by atoms with Gasteiger partial charge in [0.15, 0.2) is 11.0 Å². The zero-order valence-corrected chi connectivity index (χ0v) is 10.7. The second-order valence-corrected chi connectivity index (χ2v) is 4.24. The van der Waals surface area contributed by atoms with Crippen LogP contribution in [0.15, 0.2) is 16.9 Å². The van der Waals surface area contributed by atoms with Gasteiger partial charge < -0.3 is 10.4 Å². The number of rotatable bonds is 2. The smallest absolute Gasteiger partial charge is 0.251 e. The van der Waals surface area contributed by atoms with Crippen molar-refractivity contribution >= 4 is 50.3 Å². The van der Waals surface area contributed by atoms with Crippen molar-refractivity contribution in [1.29, 1.82) is 0 Å². The van der Waals surface area contributed by atoms with E-state index in [-0.39, 0.29) is 11.0 Å². The lowest BCUT2D eigenvalue weighted by Gasteiger charge is -2.05. The van der Waals surface area contributed by atoms with Crippen LogP contribution in [-0.2, 0) is 4.79 Å². The van der Waals surface area contributed by atoms with Crippen LogP contribution in [0.1, 0.15) is 0 Å². The first kappa shape index (κ1) is 12.2. The van der Waals surface area contributed by atoms with Crippen LogP contribution in [0.2, 0.25) is 5.15 Å². The minimum atomic E-state index is -0.643. The number of hydrogen-bond donors (Lipinski definition) is 2. The van der Waals surface area contributed by atoms with E-state index in [1.807, 2.05) is 0 Å². The molecule has 0 radical (unpaired) electrons. The molecule has 0 aromatic carbocycles. The van der Waals surface area contributed by atoms with Gasteiger partial charge in [-0.2, -0.15) is 0 Å². The fourth-order valence-corrected chi connectivity index (χ4v) is 1.66. The van der Waals surface area contributed by atoms with Crippen molar-refractivity contribution in [2.75, 3.05) is 11.9 Å². The highest BCUT2D eigenvalue weighted by molar-refractivity contribution is 9.10. The first-order valence-corrected chi connectivity index (χ1v) is 5.67. The minimum Gasteiger partial charge on any atom is -0.387 e. The summed E-state index contributed by atoms with van der Waals surface area (Å²) in [4.78, 5) is 23.2. The summed E-state index contributed by atoms with van der Waals surface area (Å²) < 4.78 is 0.598. The Balaban J connectivity index is 2.49. The third kappa shape index (κ3) is 2.68. The van der Waals surface area contributed by atoms with E-state index in [0.29, 0.717) is 15.6 Å². The van der Waals surface area contributed by atoms with Gasteiger partial charge in [0.1, 0.15) is 16.7 Å². The van der Waals surface area contributed by atoms with Crippen molar-refractivity contribution in [3.05, 3.63) is 22.0 Å². The Hall–Kier alpha value is -1.31. The number of nitrogens with zero attached hydrogens (tertiary/aromatic N) is 3. The van der Waals surface area contributed by atoms with Crippen LogP contribution in [-0.4, -0.2) is 32.6 Å². The van der Waals surface area contributed by atoms with Crippen LogP contribution in [0.5, 0.6) is 0 Å². The van der Waals surface area contributed by atoms with E-state index < -0.39 is 12.5 Å². The molecule has 2 aromatic rings. The fourth-order valence-electron chi connectivity index (χ4n) is 1.17. The van der Waals surface area contributed by atoms with Crippen molar-refractivity contribution in [3.8, 4) is 0 Å². The van der Waals surface area contributed by atoms with Crippen molar-refractivity contribution in [2.24, 2.45) is 0 Å². The molecule has 88 valence electrons. The fraction of sp³-hybridized carbons (Fsp3) is 0.111. The summed E-state index contributed by atoms with van der Waals surface area (Å²) in [6.45, 7) is -0.643. The van der Waals surface area contributed by atoms with Gasteiger partial charge in [-0.1, -0.05) is 11.6 Å². The zero-order chi connectivity index (χ0) is 12.4. The molecule has 0 aliphatic rings. The maximum atomic E-state index is 11.0. The van der Waals surface area contributed by atoms with E-state index in [1.54, 1.807) is 6.07 Å². The van der Waals surface area contributed by atoms with Gasteiger partial charge in [0.05, 0.1) is 11.7 Å². The van der Waals surface area contributed by atoms with Gasteiger partial charge >= 0.3 is 0 Å². The second-order valence-electron chi connectivity index (χ2n) is 3.07. The molecule has 8 heteroatoms. The Labute approximate surface area is 109 Å². The molecule has 0 saturated heterocycles. The normalized spacial score (nSPS) is 10.5. The van der Waals surface area contributed by atoms with Gasteiger partial charge in [0.25, 0.3) is 5.91 Å². The van der Waals surface area contributed by atoms with E-state index in [9.17, 15) is 4.79 Å². The quantitative estimate of drug-likeness (QED) is 0.817. The maximum Gasteiger partial charge on any atom is 0.251 e. The molecule has 0 bridgehead atoms. The Kier molecular flexibility index (Phi) is 3.51. The van der Waals surface area contributed by atoms with Gasteiger partial charge in [0, 0.05) is 0 Å². The monoisotopic (exact) mass is 316 g/mol. The van der Waals surface area contributed by atoms with Crippen LogP contribution >= 0.6 is 27.5 Å². The van der Waals surface area contributed by atoms with Crippen LogP contribution in [0.4, 0.5) is 5.82 Å². The number of fused-ring (bicyclic) bond motifs is 1. The van der Waals surface area contributed by atoms with E-state index in [0.717, 1.165) is 0 Å². The molecule has 0 fully saturated rings. The molecule has 0 aliphatic carbocycles. The highest BCUT2D eigenvalue weighted by Crippen LogP contribution is 2.22. The average molecular weight is 318 g/mol. The summed E-state index contributed by atoms with van der Waals surface area (Å²) in [5.41, 5.74) is 1.05. The molecule has 2 rings (SSSR count). The molecular formula is C9H6BrClN4O2. The van der Waals surface area contributed by atoms with Crippen LogP contribution < -0.4 is 5.32 Å². The lowest BCUT2D eigenvalue weighted by atomic mass is 10.4. The van der Waals surface area contributed by atoms with E-state index in [2.05, 4.69) is 36.2 Å². The number of carbonyl (C=O) groups is 1. The molecule has 17 heavy (non-hydrogen) atoms. The number of pyridine rings is 1. The highest BCUT2D eigenvalue weighted by Gasteiger charge is 2.10. The average Bonchev–Trinajstić information content (AvgIpc) is 2.30. The van der Waals surface area contributed by atoms with Crippen molar-refractivity contribution in [3.63, 3.8) is 0 Å². The lowest BCUT2D eigenvalue weighted by molar-refractivity contribution is -0.118. The summed E-state index contributed by atoms with van der Waals surface area (Å²) in [7, 11) is 0. The molecule has 0 unspecified atom stereocenters. The lowest BCUT2D eigenvalue weighted by Crippen LogP contribution is -2.17. The maximum absolute atomic E-state index is 11.0. The summed E-state index contributed by atoms with van der Waals surface area (Å²) >= 11 is 9.04. The largest absolute Gasteiger partial charge is 0.387 e. The van der Waals surface area contributed by atoms with Gasteiger partial charge in [-0.15, -0.1) is 0 Å². The molecule has 2 N–H and O–H groups in total. The van der Waals surface area contributed by atoms with E-state index in [1.165, 1.54) is 6.20 Å². The molecule has 1 amide bonds. The SMILES string of the molecule is O=C(CO)Nc1nc2cc(Br)ncc2nc1Cl. The predicted molar refractivity (Wildman–Crippen MR) is 65.8 cm³/mol. The Morgan fingerprint density at radius 1 is 1.47 bits per heavy atom. The number of halogens is 2. The Morgan fingerprint density at radius 3 is 2.94 bits per heavy atom. The number of aliphatic hydroxyl groups excluding tert-OH is 1. The molecule has 0 spiro atoms. The number of nitrogens with one attached hydrogen (secondary N) is 1. The number of aromatic nitrogens is 3. The summed E-state index contributed by atoms with van der Waals surface area (Å²) in [5, 5.41) is 11.0. The van der Waals surface area contributed by atoms with Crippen LogP contribution in [0.3, 0.4) is 0 Å². The van der Waals surface area contributed by atoms with Crippen molar-refractivity contribution < 1.29 is 9.90 Å². The molecule has 0 aliphatic heterocycles. The minimum absolute atomic E-state index is 0.0448. The Morgan fingerprint density at radius 2 is 2.24 bits per heavy atom. The van der Waals surface area contributed by atoms with Crippen LogP contribution in [0, 0.1) is 0 Å². The number of carbonyl (C=O) groups excluding carboxylic acids is 1. The van der Waals surface area contributed by atoms with Gasteiger partial charge in [-0.3, -0.25) is 4.79 Å². The van der Waals surface area contributed by atoms with Gasteiger partial charge in [0.2, 0.25) is 0 Å². The van der Waals surface area contributed by atoms with Crippen LogP contribution in [0.25, 0.3) is 11.0 Å². The molecular weight excluding hydrogens is 311 g/mol. The molecule has 2 aromatic heterocycles. The first-order valence-electron chi connectivity index (χ1n) is 4.49. The summed E-state index contributed by atoms with van der Waals surface area (Å²) in [5.74, 6) is -0.495. The Bertz CT molecular complexity index is 592. The van der Waals surface area contributed by atoms with E-state index in [4.69, 9.17) is 16.7 Å². The van der Waals surface area contributed by atoms with Gasteiger partial charge in [-0.05, 0) is 22.0 Å². The number of amides is 1. The molecule has 2 heterocycles.